The van der Waals surface area contributed by atoms with E-state index in [1.54, 1.807) is 53.9 Å². The average Bonchev–Trinajstić information content (AvgIpc) is 3.29. The molecule has 1 aliphatic rings. The van der Waals surface area contributed by atoms with Crippen LogP contribution >= 0.6 is 11.3 Å². The largest absolute Gasteiger partial charge is 0.482 e. The third-order valence-corrected chi connectivity index (χ3v) is 6.15. The van der Waals surface area contributed by atoms with Gasteiger partial charge in [-0.25, -0.2) is 9.67 Å². The highest BCUT2D eigenvalue weighted by atomic mass is 32.1. The van der Waals surface area contributed by atoms with Crippen LogP contribution in [0.5, 0.6) is 5.75 Å². The number of benzene rings is 3. The van der Waals surface area contributed by atoms with Gasteiger partial charge in [0, 0.05) is 23.1 Å². The average molecular weight is 516 g/mol. The number of rotatable bonds is 6. The number of nitrogens with one attached hydrogen (secondary N) is 1. The third kappa shape index (κ3) is 4.83. The number of hydrogen-bond acceptors (Lipinski definition) is 9. The fourth-order valence-corrected chi connectivity index (χ4v) is 4.48. The second-order valence-electron chi connectivity index (χ2n) is 7.68. The molecule has 0 unspecified atom stereocenters. The quantitative estimate of drug-likeness (QED) is 0.226. The maximum absolute atomic E-state index is 11.8. The molecular weight excluding hydrogens is 500 g/mol. The Balaban J connectivity index is 1.68. The molecule has 12 nitrogen and oxygen atoms in total. The second kappa shape index (κ2) is 9.83. The normalized spacial score (nSPS) is 13.2. The van der Waals surface area contributed by atoms with E-state index in [4.69, 9.17) is 4.74 Å². The van der Waals surface area contributed by atoms with E-state index in [2.05, 4.69) is 15.4 Å². The van der Waals surface area contributed by atoms with Gasteiger partial charge in [-0.1, -0.05) is 24.3 Å². The van der Waals surface area contributed by atoms with Crippen molar-refractivity contribution in [2.75, 3.05) is 11.9 Å². The lowest BCUT2D eigenvalue weighted by atomic mass is 10.1. The lowest BCUT2D eigenvalue weighted by Crippen LogP contribution is -2.25. The van der Waals surface area contributed by atoms with Crippen LogP contribution in [0.3, 0.4) is 0 Å². The van der Waals surface area contributed by atoms with E-state index in [-0.39, 0.29) is 39.9 Å². The van der Waals surface area contributed by atoms with Gasteiger partial charge in [0.25, 0.3) is 17.3 Å². The molecule has 4 aromatic rings. The van der Waals surface area contributed by atoms with Gasteiger partial charge in [-0.3, -0.25) is 25.0 Å². The summed E-state index contributed by atoms with van der Waals surface area (Å²) in [5.74, 6) is 0.225. The van der Waals surface area contributed by atoms with Crippen molar-refractivity contribution in [2.24, 2.45) is 10.1 Å². The number of carbonyl (C=O) groups is 1. The van der Waals surface area contributed by atoms with Gasteiger partial charge in [-0.15, -0.1) is 11.3 Å². The van der Waals surface area contributed by atoms with Crippen LogP contribution in [0.1, 0.15) is 5.56 Å². The molecule has 0 saturated carbocycles. The number of nitro groups is 2. The van der Waals surface area contributed by atoms with Crippen LogP contribution in [0.15, 0.2) is 82.2 Å². The molecule has 37 heavy (non-hydrogen) atoms. The van der Waals surface area contributed by atoms with Crippen LogP contribution < -0.4 is 14.9 Å². The third-order valence-electron chi connectivity index (χ3n) is 5.33. The Bertz CT molecular complexity index is 1660. The molecule has 2 heterocycles. The Hall–Kier alpha value is -5.17. The van der Waals surface area contributed by atoms with Crippen LogP contribution in [0.2, 0.25) is 0 Å². The number of hydrogen-bond donors (Lipinski definition) is 1. The number of aromatic nitrogens is 1. The Morgan fingerprint density at radius 3 is 2.51 bits per heavy atom. The Kier molecular flexibility index (Phi) is 6.26. The molecule has 3 aromatic carbocycles. The summed E-state index contributed by atoms with van der Waals surface area (Å²) >= 11 is 1.18. The number of fused-ring (bicyclic) bond motifs is 1. The van der Waals surface area contributed by atoms with Crippen molar-refractivity contribution < 1.29 is 19.4 Å². The zero-order chi connectivity index (χ0) is 25.9. The number of ether oxygens (including phenoxy) is 1. The number of amides is 1. The predicted octanol–water partition coefficient (Wildman–Crippen LogP) is 4.48. The number of nitro benzene ring substituents is 2. The molecule has 0 bridgehead atoms. The van der Waals surface area contributed by atoms with Gasteiger partial charge >= 0.3 is 0 Å². The van der Waals surface area contributed by atoms with Gasteiger partial charge in [-0.2, -0.15) is 5.10 Å². The first-order valence-electron chi connectivity index (χ1n) is 10.7. The molecule has 1 amide bonds. The lowest BCUT2D eigenvalue weighted by Gasteiger charge is -2.18. The molecule has 1 N–H and O–H groups in total. The molecule has 5 rings (SSSR count). The minimum Gasteiger partial charge on any atom is -0.482 e. The van der Waals surface area contributed by atoms with Crippen molar-refractivity contribution >= 4 is 46.2 Å². The highest BCUT2D eigenvalue weighted by molar-refractivity contribution is 7.07. The molecule has 0 radical (unpaired) electrons. The monoisotopic (exact) mass is 516 g/mol. The van der Waals surface area contributed by atoms with Gasteiger partial charge < -0.3 is 10.1 Å². The molecule has 0 fully saturated rings. The first kappa shape index (κ1) is 23.6. The summed E-state index contributed by atoms with van der Waals surface area (Å²) in [6, 6.07) is 17.3. The standard InChI is InChI=1S/C24H16N6O6S/c31-23-13-36-22-10-9-15(11-18(22)26-23)21-14-37-24(27-17-6-2-4-8-20(17)30(34)35)28(21)25-12-16-5-1-3-7-19(16)29(32)33/h1-12,14H,13H2,(H,26,31). The minimum atomic E-state index is -0.527. The molecule has 0 atom stereocenters. The molecule has 184 valence electrons. The van der Waals surface area contributed by atoms with Gasteiger partial charge in [-0.05, 0) is 30.3 Å². The topological polar surface area (TPSA) is 154 Å². The van der Waals surface area contributed by atoms with Crippen molar-refractivity contribution in [1.29, 1.82) is 0 Å². The molecule has 0 spiro atoms. The lowest BCUT2D eigenvalue weighted by molar-refractivity contribution is -0.385. The SMILES string of the molecule is O=C1COc2ccc(-c3csc(=Nc4ccccc4[N+](=O)[O-])n3N=Cc3ccccc3[N+](=O)[O-])cc2N1. The molecule has 13 heteroatoms. The van der Waals surface area contributed by atoms with E-state index in [1.807, 2.05) is 0 Å². The summed E-state index contributed by atoms with van der Waals surface area (Å²) in [5.41, 5.74) is 1.74. The summed E-state index contributed by atoms with van der Waals surface area (Å²) in [7, 11) is 0. The van der Waals surface area contributed by atoms with Crippen LogP contribution in [-0.4, -0.2) is 33.3 Å². The highest BCUT2D eigenvalue weighted by Crippen LogP contribution is 2.33. The molecule has 1 aromatic heterocycles. The smallest absolute Gasteiger partial charge is 0.294 e. The van der Waals surface area contributed by atoms with Gasteiger partial charge in [0.2, 0.25) is 4.80 Å². The first-order valence-corrected chi connectivity index (χ1v) is 11.6. The summed E-state index contributed by atoms with van der Waals surface area (Å²) in [4.78, 5) is 38.5. The zero-order valence-corrected chi connectivity index (χ0v) is 19.6. The molecular formula is C24H16N6O6S. The molecule has 0 aliphatic carbocycles. The zero-order valence-electron chi connectivity index (χ0n) is 18.8. The van der Waals surface area contributed by atoms with Crippen LogP contribution in [0.25, 0.3) is 11.3 Å². The maximum Gasteiger partial charge on any atom is 0.294 e. The van der Waals surface area contributed by atoms with Crippen LogP contribution in [0.4, 0.5) is 22.7 Å². The highest BCUT2D eigenvalue weighted by Gasteiger charge is 2.19. The number of carbonyl (C=O) groups excluding carboxylic acids is 1. The Labute approximate surface area is 212 Å². The Morgan fingerprint density at radius 1 is 1.00 bits per heavy atom. The maximum atomic E-state index is 11.8. The predicted molar refractivity (Wildman–Crippen MR) is 136 cm³/mol. The molecule has 0 saturated heterocycles. The number of anilines is 1. The number of para-hydroxylation sites is 3. The van der Waals surface area contributed by atoms with Crippen LogP contribution in [-0.2, 0) is 4.79 Å². The second-order valence-corrected chi connectivity index (χ2v) is 8.52. The minimum absolute atomic E-state index is 0.0795. The van der Waals surface area contributed by atoms with Crippen molar-refractivity contribution in [2.45, 2.75) is 0 Å². The van der Waals surface area contributed by atoms with E-state index in [0.29, 0.717) is 22.7 Å². The summed E-state index contributed by atoms with van der Waals surface area (Å²) < 4.78 is 6.86. The van der Waals surface area contributed by atoms with E-state index >= 15 is 0 Å². The number of thiazole rings is 1. The van der Waals surface area contributed by atoms with Gasteiger partial charge in [0.1, 0.15) is 11.4 Å². The van der Waals surface area contributed by atoms with Crippen molar-refractivity contribution in [1.82, 2.24) is 4.68 Å². The number of nitrogens with zero attached hydrogens (tertiary/aromatic N) is 5. The van der Waals surface area contributed by atoms with Crippen molar-refractivity contribution in [3.05, 3.63) is 103 Å². The molecule has 1 aliphatic heterocycles. The van der Waals surface area contributed by atoms with Crippen molar-refractivity contribution in [3.8, 4) is 17.0 Å². The van der Waals surface area contributed by atoms with Crippen molar-refractivity contribution in [3.63, 3.8) is 0 Å². The van der Waals surface area contributed by atoms with E-state index in [0.717, 1.165) is 0 Å². The fraction of sp³-hybridized carbons (Fsp3) is 0.0417. The summed E-state index contributed by atoms with van der Waals surface area (Å²) in [6.45, 7) is -0.0795. The summed E-state index contributed by atoms with van der Waals surface area (Å²) in [6.07, 6.45) is 1.33. The fourth-order valence-electron chi connectivity index (χ4n) is 3.63. The van der Waals surface area contributed by atoms with E-state index in [9.17, 15) is 25.0 Å². The van der Waals surface area contributed by atoms with Crippen LogP contribution in [0, 0.1) is 20.2 Å². The van der Waals surface area contributed by atoms with E-state index < -0.39 is 9.85 Å². The van der Waals surface area contributed by atoms with Gasteiger partial charge in [0.15, 0.2) is 6.61 Å². The van der Waals surface area contributed by atoms with Gasteiger partial charge in [0.05, 0.1) is 33.0 Å². The summed E-state index contributed by atoms with van der Waals surface area (Å²) in [5, 5.41) is 31.9. The van der Waals surface area contributed by atoms with E-state index in [1.165, 1.54) is 40.4 Å². The first-order chi connectivity index (χ1) is 17.9. The Morgan fingerprint density at radius 2 is 1.73 bits per heavy atom.